The van der Waals surface area contributed by atoms with Crippen molar-refractivity contribution in [2.45, 2.75) is 39.3 Å². The van der Waals surface area contributed by atoms with E-state index in [2.05, 4.69) is 5.32 Å². The van der Waals surface area contributed by atoms with E-state index in [0.717, 1.165) is 0 Å². The molecule has 0 amide bonds. The van der Waals surface area contributed by atoms with Crippen molar-refractivity contribution < 1.29 is 42.5 Å². The van der Waals surface area contributed by atoms with E-state index >= 15 is 0 Å². The first-order valence-corrected chi connectivity index (χ1v) is 5.41. The minimum Gasteiger partial charge on any atom is -0.748 e. The SMILES string of the molecule is CC(C)NC(C)(C)CS(=O)(=O)[O-].[Na+]. The fourth-order valence-corrected chi connectivity index (χ4v) is 2.23. The van der Waals surface area contributed by atoms with Crippen molar-refractivity contribution >= 4 is 10.1 Å². The van der Waals surface area contributed by atoms with Gasteiger partial charge in [0.05, 0.1) is 15.9 Å². The van der Waals surface area contributed by atoms with Crippen LogP contribution in [-0.2, 0) is 10.1 Å². The van der Waals surface area contributed by atoms with Crippen LogP contribution in [0.15, 0.2) is 0 Å². The quantitative estimate of drug-likeness (QED) is 0.411. The molecule has 4 nitrogen and oxygen atoms in total. The number of hydrogen-bond acceptors (Lipinski definition) is 4. The molecule has 0 aliphatic heterocycles. The molecule has 1 N–H and O–H groups in total. The summed E-state index contributed by atoms with van der Waals surface area (Å²) in [5.41, 5.74) is -0.644. The Kier molecular flexibility index (Phi) is 7.12. The average molecular weight is 217 g/mol. The van der Waals surface area contributed by atoms with Crippen molar-refractivity contribution in [3.63, 3.8) is 0 Å². The third kappa shape index (κ3) is 10.8. The normalized spacial score (nSPS) is 12.8. The summed E-state index contributed by atoms with van der Waals surface area (Å²) in [6.07, 6.45) is 0. The molecule has 0 aliphatic rings. The van der Waals surface area contributed by atoms with E-state index in [-0.39, 0.29) is 41.4 Å². The first-order valence-electron chi connectivity index (χ1n) is 3.84. The van der Waals surface area contributed by atoms with Gasteiger partial charge >= 0.3 is 29.6 Å². The van der Waals surface area contributed by atoms with E-state index in [9.17, 15) is 13.0 Å². The van der Waals surface area contributed by atoms with E-state index < -0.39 is 15.7 Å². The predicted octanol–water partition coefficient (Wildman–Crippen LogP) is -2.69. The molecule has 0 aliphatic carbocycles. The maximum absolute atomic E-state index is 10.4. The average Bonchev–Trinajstić information content (AvgIpc) is 1.48. The van der Waals surface area contributed by atoms with Gasteiger partial charge in [-0.25, -0.2) is 8.42 Å². The minimum atomic E-state index is -4.14. The standard InChI is InChI=1S/C7H17NO3S.Na/c1-6(2)8-7(3,4)5-12(9,10)11;/h6,8H,5H2,1-4H3,(H,9,10,11);/q;+1/p-1. The summed E-state index contributed by atoms with van der Waals surface area (Å²) in [7, 11) is -4.14. The third-order valence-corrected chi connectivity index (χ3v) is 2.29. The molecule has 0 aromatic carbocycles. The van der Waals surface area contributed by atoms with Crippen molar-refractivity contribution in [3.05, 3.63) is 0 Å². The van der Waals surface area contributed by atoms with E-state index in [1.807, 2.05) is 13.8 Å². The molecule has 13 heavy (non-hydrogen) atoms. The van der Waals surface area contributed by atoms with Crippen LogP contribution in [0.1, 0.15) is 27.7 Å². The van der Waals surface area contributed by atoms with Gasteiger partial charge in [0, 0.05) is 11.6 Å². The molecular formula is C7H16NNaO3S. The summed E-state index contributed by atoms with van der Waals surface area (Å²) in [6.45, 7) is 7.20. The largest absolute Gasteiger partial charge is 1.00 e. The molecule has 0 radical (unpaired) electrons. The Balaban J connectivity index is 0. The van der Waals surface area contributed by atoms with Gasteiger partial charge in [-0.2, -0.15) is 0 Å². The molecule has 74 valence electrons. The molecule has 0 heterocycles. The van der Waals surface area contributed by atoms with Gasteiger partial charge in [-0.15, -0.1) is 0 Å². The minimum absolute atomic E-state index is 0. The Hall–Kier alpha value is 0.870. The van der Waals surface area contributed by atoms with E-state index in [4.69, 9.17) is 0 Å². The van der Waals surface area contributed by atoms with Crippen LogP contribution in [0.4, 0.5) is 0 Å². The molecular weight excluding hydrogens is 201 g/mol. The van der Waals surface area contributed by atoms with Crippen molar-refractivity contribution in [1.29, 1.82) is 0 Å². The van der Waals surface area contributed by atoms with Crippen molar-refractivity contribution in [3.8, 4) is 0 Å². The fraction of sp³-hybridized carbons (Fsp3) is 1.00. The first kappa shape index (κ1) is 16.3. The van der Waals surface area contributed by atoms with E-state index in [1.54, 1.807) is 13.8 Å². The Labute approximate surface area is 103 Å². The monoisotopic (exact) mass is 217 g/mol. The maximum atomic E-state index is 10.4. The smallest absolute Gasteiger partial charge is 0.748 e. The van der Waals surface area contributed by atoms with Crippen molar-refractivity contribution in [1.82, 2.24) is 5.32 Å². The van der Waals surface area contributed by atoms with Crippen LogP contribution in [0.2, 0.25) is 0 Å². The van der Waals surface area contributed by atoms with Crippen LogP contribution in [0, 0.1) is 0 Å². The Bertz CT molecular complexity index is 236. The van der Waals surface area contributed by atoms with Crippen molar-refractivity contribution in [2.75, 3.05) is 5.75 Å². The zero-order valence-electron chi connectivity index (χ0n) is 8.92. The van der Waals surface area contributed by atoms with Gasteiger partial charge in [-0.05, 0) is 13.8 Å². The summed E-state index contributed by atoms with van der Waals surface area (Å²) in [4.78, 5) is 0. The zero-order valence-corrected chi connectivity index (χ0v) is 11.7. The molecule has 0 spiro atoms. The van der Waals surface area contributed by atoms with E-state index in [1.165, 1.54) is 0 Å². The molecule has 6 heteroatoms. The van der Waals surface area contributed by atoms with E-state index in [0.29, 0.717) is 0 Å². The summed E-state index contributed by atoms with van der Waals surface area (Å²) in [5.74, 6) is -0.377. The molecule has 0 fully saturated rings. The first-order chi connectivity index (χ1) is 5.12. The topological polar surface area (TPSA) is 69.2 Å². The molecule has 0 aromatic rings. The van der Waals surface area contributed by atoms with Gasteiger partial charge in [0.15, 0.2) is 0 Å². The third-order valence-electron chi connectivity index (χ3n) is 1.22. The summed E-state index contributed by atoms with van der Waals surface area (Å²) in [5, 5.41) is 3.00. The maximum Gasteiger partial charge on any atom is 1.00 e. The fourth-order valence-electron chi connectivity index (χ4n) is 1.27. The van der Waals surface area contributed by atoms with Gasteiger partial charge < -0.3 is 9.87 Å². The molecule has 0 unspecified atom stereocenters. The predicted molar refractivity (Wildman–Crippen MR) is 46.9 cm³/mol. The molecule has 0 saturated carbocycles. The van der Waals surface area contributed by atoms with Crippen LogP contribution in [-0.4, -0.2) is 30.3 Å². The van der Waals surface area contributed by atoms with Gasteiger partial charge in [0.1, 0.15) is 0 Å². The van der Waals surface area contributed by atoms with Crippen LogP contribution in [0.25, 0.3) is 0 Å². The second-order valence-corrected chi connectivity index (χ2v) is 5.29. The van der Waals surface area contributed by atoms with Gasteiger partial charge in [-0.1, -0.05) is 13.8 Å². The molecule has 0 aromatic heterocycles. The zero-order chi connectivity index (χ0) is 9.99. The number of rotatable bonds is 4. The molecule has 0 atom stereocenters. The Morgan fingerprint density at radius 2 is 1.77 bits per heavy atom. The van der Waals surface area contributed by atoms with Crippen LogP contribution in [0.3, 0.4) is 0 Å². The number of hydrogen-bond donors (Lipinski definition) is 1. The molecule has 0 bridgehead atoms. The summed E-state index contributed by atoms with van der Waals surface area (Å²) >= 11 is 0. The van der Waals surface area contributed by atoms with Gasteiger partial charge in [-0.3, -0.25) is 0 Å². The summed E-state index contributed by atoms with van der Waals surface area (Å²) < 4.78 is 31.3. The Morgan fingerprint density at radius 1 is 1.38 bits per heavy atom. The second-order valence-electron chi connectivity index (χ2n) is 3.88. The van der Waals surface area contributed by atoms with Crippen LogP contribution < -0.4 is 34.9 Å². The Morgan fingerprint density at radius 3 is 2.00 bits per heavy atom. The molecule has 0 saturated heterocycles. The van der Waals surface area contributed by atoms with Gasteiger partial charge in [0.25, 0.3) is 0 Å². The summed E-state index contributed by atoms with van der Waals surface area (Å²) in [6, 6.07) is 0.168. The van der Waals surface area contributed by atoms with Crippen LogP contribution >= 0.6 is 0 Å². The molecule has 0 rings (SSSR count). The second kappa shape index (κ2) is 5.68. The van der Waals surface area contributed by atoms with Gasteiger partial charge in [0.2, 0.25) is 0 Å². The number of nitrogens with one attached hydrogen (secondary N) is 1. The van der Waals surface area contributed by atoms with Crippen molar-refractivity contribution in [2.24, 2.45) is 0 Å². The van der Waals surface area contributed by atoms with Crippen LogP contribution in [0.5, 0.6) is 0 Å².